The average Bonchev–Trinajstić information content (AvgIpc) is 2.65. The average molecular weight is 237 g/mol. The molecule has 0 aromatic heterocycles. The third-order valence-electron chi connectivity index (χ3n) is 3.60. The Balaban J connectivity index is 2.28. The van der Waals surface area contributed by atoms with Crippen molar-refractivity contribution >= 4 is 0 Å². The van der Waals surface area contributed by atoms with Gasteiger partial charge in [0.2, 0.25) is 0 Å². The number of ether oxygens (including phenoxy) is 1. The second-order valence-corrected chi connectivity index (χ2v) is 4.86. The van der Waals surface area contributed by atoms with Gasteiger partial charge in [0.25, 0.3) is 0 Å². The van der Waals surface area contributed by atoms with Gasteiger partial charge in [-0.05, 0) is 50.6 Å². The van der Waals surface area contributed by atoms with Crippen LogP contribution in [-0.2, 0) is 4.74 Å². The molecule has 0 aliphatic carbocycles. The number of nitrogens with one attached hydrogen (secondary N) is 1. The molecule has 94 valence electrons. The Labute approximate surface area is 102 Å². The molecule has 0 spiro atoms. The Morgan fingerprint density at radius 3 is 2.71 bits per heavy atom. The third kappa shape index (κ3) is 2.67. The topological polar surface area (TPSA) is 21.3 Å². The van der Waals surface area contributed by atoms with E-state index in [2.05, 4.69) is 18.3 Å². The van der Waals surface area contributed by atoms with Crippen LogP contribution in [0.4, 0.5) is 4.39 Å². The van der Waals surface area contributed by atoms with Crippen LogP contribution in [0.5, 0.6) is 0 Å². The number of halogens is 1. The molecule has 0 saturated carbocycles. The van der Waals surface area contributed by atoms with E-state index in [9.17, 15) is 4.39 Å². The van der Waals surface area contributed by atoms with Gasteiger partial charge in [0.1, 0.15) is 5.82 Å². The molecule has 1 heterocycles. The number of rotatable bonds is 3. The largest absolute Gasteiger partial charge is 0.378 e. The molecule has 3 heteroatoms. The highest BCUT2D eigenvalue weighted by Gasteiger charge is 2.32. The van der Waals surface area contributed by atoms with Crippen LogP contribution in [0.3, 0.4) is 0 Å². The molecule has 2 nitrogen and oxygen atoms in total. The Kier molecular flexibility index (Phi) is 3.79. The maximum atomic E-state index is 13.4. The highest BCUT2D eigenvalue weighted by Crippen LogP contribution is 2.33. The summed E-state index contributed by atoms with van der Waals surface area (Å²) in [5, 5.41) is 3.30. The minimum Gasteiger partial charge on any atom is -0.378 e. The van der Waals surface area contributed by atoms with Gasteiger partial charge in [0, 0.05) is 18.6 Å². The second-order valence-electron chi connectivity index (χ2n) is 4.86. The fourth-order valence-corrected chi connectivity index (χ4v) is 2.76. The summed E-state index contributed by atoms with van der Waals surface area (Å²) < 4.78 is 19.0. The second kappa shape index (κ2) is 5.15. The van der Waals surface area contributed by atoms with Crippen LogP contribution in [0.25, 0.3) is 0 Å². The minimum atomic E-state index is -0.160. The van der Waals surface area contributed by atoms with Crippen molar-refractivity contribution in [3.63, 3.8) is 0 Å². The van der Waals surface area contributed by atoms with Gasteiger partial charge in [0.15, 0.2) is 0 Å². The van der Waals surface area contributed by atoms with Gasteiger partial charge in [-0.3, -0.25) is 0 Å². The van der Waals surface area contributed by atoms with Crippen LogP contribution in [0.1, 0.15) is 30.5 Å². The molecular formula is C14H20FNO. The number of benzene rings is 1. The van der Waals surface area contributed by atoms with Gasteiger partial charge in [-0.1, -0.05) is 6.07 Å². The molecule has 2 rings (SSSR count). The van der Waals surface area contributed by atoms with Crippen LogP contribution in [0.2, 0.25) is 0 Å². The first-order chi connectivity index (χ1) is 8.11. The van der Waals surface area contributed by atoms with Crippen LogP contribution < -0.4 is 5.32 Å². The lowest BCUT2D eigenvalue weighted by Crippen LogP contribution is -2.29. The van der Waals surface area contributed by atoms with Gasteiger partial charge >= 0.3 is 0 Å². The van der Waals surface area contributed by atoms with Crippen molar-refractivity contribution in [2.75, 3.05) is 13.7 Å². The Bertz CT molecular complexity index is 374. The lowest BCUT2D eigenvalue weighted by Gasteiger charge is -2.26. The number of hydrogen-bond donors (Lipinski definition) is 1. The summed E-state index contributed by atoms with van der Waals surface area (Å²) in [5.74, 6) is 0.257. The van der Waals surface area contributed by atoms with Crippen LogP contribution >= 0.6 is 0 Å². The van der Waals surface area contributed by atoms with E-state index in [1.165, 1.54) is 0 Å². The molecule has 1 aliphatic rings. The van der Waals surface area contributed by atoms with Gasteiger partial charge in [0.05, 0.1) is 6.10 Å². The lowest BCUT2D eigenvalue weighted by atomic mass is 9.88. The zero-order chi connectivity index (χ0) is 12.4. The zero-order valence-electron chi connectivity index (χ0n) is 10.7. The van der Waals surface area contributed by atoms with Gasteiger partial charge in [-0.25, -0.2) is 4.39 Å². The van der Waals surface area contributed by atoms with E-state index in [4.69, 9.17) is 4.74 Å². The summed E-state index contributed by atoms with van der Waals surface area (Å²) in [5.41, 5.74) is 1.99. The van der Waals surface area contributed by atoms with E-state index in [-0.39, 0.29) is 18.0 Å². The van der Waals surface area contributed by atoms with Gasteiger partial charge in [-0.15, -0.1) is 0 Å². The standard InChI is InChI=1S/C14H20FNO/c1-9-6-11(8-12(15)7-9)14(16-3)13-4-5-17-10(13)2/h6-8,10,13-14,16H,4-5H2,1-3H3. The third-order valence-corrected chi connectivity index (χ3v) is 3.60. The Hall–Kier alpha value is -0.930. The summed E-state index contributed by atoms with van der Waals surface area (Å²) in [4.78, 5) is 0. The molecular weight excluding hydrogens is 217 g/mol. The Morgan fingerprint density at radius 1 is 1.41 bits per heavy atom. The van der Waals surface area contributed by atoms with E-state index < -0.39 is 0 Å². The molecule has 3 atom stereocenters. The highest BCUT2D eigenvalue weighted by atomic mass is 19.1. The summed E-state index contributed by atoms with van der Waals surface area (Å²) in [6.45, 7) is 4.82. The van der Waals surface area contributed by atoms with Crippen LogP contribution in [0, 0.1) is 18.7 Å². The molecule has 1 N–H and O–H groups in total. The van der Waals surface area contributed by atoms with Crippen molar-refractivity contribution in [2.24, 2.45) is 5.92 Å². The summed E-state index contributed by atoms with van der Waals surface area (Å²) in [7, 11) is 1.93. The van der Waals surface area contributed by atoms with Crippen molar-refractivity contribution in [3.05, 3.63) is 35.1 Å². The van der Waals surface area contributed by atoms with E-state index in [0.29, 0.717) is 5.92 Å². The summed E-state index contributed by atoms with van der Waals surface area (Å²) in [6, 6.07) is 5.40. The first-order valence-corrected chi connectivity index (χ1v) is 6.18. The summed E-state index contributed by atoms with van der Waals surface area (Å²) in [6.07, 6.45) is 1.26. The van der Waals surface area contributed by atoms with Crippen molar-refractivity contribution in [1.82, 2.24) is 5.32 Å². The fraction of sp³-hybridized carbons (Fsp3) is 0.571. The van der Waals surface area contributed by atoms with Crippen molar-refractivity contribution in [2.45, 2.75) is 32.4 Å². The lowest BCUT2D eigenvalue weighted by molar-refractivity contribution is 0.0962. The predicted molar refractivity (Wildman–Crippen MR) is 66.5 cm³/mol. The monoisotopic (exact) mass is 237 g/mol. The molecule has 1 saturated heterocycles. The van der Waals surface area contributed by atoms with Crippen LogP contribution in [0.15, 0.2) is 18.2 Å². The maximum Gasteiger partial charge on any atom is 0.123 e. The van der Waals surface area contributed by atoms with Crippen molar-refractivity contribution in [3.8, 4) is 0 Å². The molecule has 1 aromatic rings. The first kappa shape index (κ1) is 12.5. The van der Waals surface area contributed by atoms with E-state index in [1.807, 2.05) is 14.0 Å². The first-order valence-electron chi connectivity index (χ1n) is 6.18. The maximum absolute atomic E-state index is 13.4. The fourth-order valence-electron chi connectivity index (χ4n) is 2.76. The summed E-state index contributed by atoms with van der Waals surface area (Å²) >= 11 is 0. The van der Waals surface area contributed by atoms with Crippen LogP contribution in [-0.4, -0.2) is 19.8 Å². The molecule has 1 aliphatic heterocycles. The van der Waals surface area contributed by atoms with Crippen molar-refractivity contribution in [1.29, 1.82) is 0 Å². The van der Waals surface area contributed by atoms with Crippen molar-refractivity contribution < 1.29 is 9.13 Å². The minimum absolute atomic E-state index is 0.160. The Morgan fingerprint density at radius 2 is 2.18 bits per heavy atom. The zero-order valence-corrected chi connectivity index (χ0v) is 10.7. The molecule has 0 amide bonds. The van der Waals surface area contributed by atoms with E-state index in [1.54, 1.807) is 12.1 Å². The molecule has 17 heavy (non-hydrogen) atoms. The molecule has 1 fully saturated rings. The SMILES string of the molecule is CNC(c1cc(C)cc(F)c1)C1CCOC1C. The van der Waals surface area contributed by atoms with Gasteiger partial charge < -0.3 is 10.1 Å². The molecule has 1 aromatic carbocycles. The highest BCUT2D eigenvalue weighted by molar-refractivity contribution is 5.27. The van der Waals surface area contributed by atoms with E-state index >= 15 is 0 Å². The normalized spacial score (nSPS) is 26.1. The van der Waals surface area contributed by atoms with E-state index in [0.717, 1.165) is 24.2 Å². The molecule has 0 bridgehead atoms. The smallest absolute Gasteiger partial charge is 0.123 e. The number of aryl methyl sites for hydroxylation is 1. The van der Waals surface area contributed by atoms with Gasteiger partial charge in [-0.2, -0.15) is 0 Å². The molecule has 3 unspecified atom stereocenters. The quantitative estimate of drug-likeness (QED) is 0.872. The predicted octanol–water partition coefficient (Wildman–Crippen LogP) is 2.82. The molecule has 0 radical (unpaired) electrons. The number of hydrogen-bond acceptors (Lipinski definition) is 2.